The van der Waals surface area contributed by atoms with E-state index in [-0.39, 0.29) is 11.5 Å². The number of hydrogen-bond acceptors (Lipinski definition) is 2. The van der Waals surface area contributed by atoms with Gasteiger partial charge in [-0.3, -0.25) is 4.90 Å². The van der Waals surface area contributed by atoms with E-state index >= 15 is 0 Å². The Kier molecular flexibility index (Phi) is 3.02. The molecule has 0 saturated heterocycles. The van der Waals surface area contributed by atoms with Crippen LogP contribution in [0.4, 0.5) is 10.1 Å². The molecule has 1 aromatic carbocycles. The molecule has 0 bridgehead atoms. The standard InChI is InChI=1S/C12H15FN2/c13-11-6-4-5-10(12(11)14)9-15-7-2-1-3-8-15/h1-2,4-6H,3,7-9,14H2. The summed E-state index contributed by atoms with van der Waals surface area (Å²) >= 11 is 0. The second-order valence-corrected chi connectivity index (χ2v) is 3.81. The summed E-state index contributed by atoms with van der Waals surface area (Å²) in [7, 11) is 0. The average Bonchev–Trinajstić information content (AvgIpc) is 2.26. The molecule has 1 aromatic rings. The molecular formula is C12H15FN2. The van der Waals surface area contributed by atoms with E-state index in [1.165, 1.54) is 6.07 Å². The van der Waals surface area contributed by atoms with Crippen LogP contribution < -0.4 is 5.73 Å². The van der Waals surface area contributed by atoms with Crippen LogP contribution in [0.3, 0.4) is 0 Å². The highest BCUT2D eigenvalue weighted by Gasteiger charge is 2.10. The zero-order valence-corrected chi connectivity index (χ0v) is 8.62. The third-order valence-corrected chi connectivity index (χ3v) is 2.68. The monoisotopic (exact) mass is 206 g/mol. The van der Waals surface area contributed by atoms with Gasteiger partial charge in [0.1, 0.15) is 5.82 Å². The smallest absolute Gasteiger partial charge is 0.146 e. The van der Waals surface area contributed by atoms with Crippen molar-refractivity contribution < 1.29 is 4.39 Å². The number of nitrogens with two attached hydrogens (primary N) is 1. The molecule has 0 amide bonds. The van der Waals surface area contributed by atoms with Gasteiger partial charge in [0, 0.05) is 19.6 Å². The van der Waals surface area contributed by atoms with E-state index in [1.54, 1.807) is 6.07 Å². The fraction of sp³-hybridized carbons (Fsp3) is 0.333. The van der Waals surface area contributed by atoms with Gasteiger partial charge < -0.3 is 5.73 Å². The molecule has 2 N–H and O–H groups in total. The maximum atomic E-state index is 13.2. The first-order valence-corrected chi connectivity index (χ1v) is 5.17. The van der Waals surface area contributed by atoms with Gasteiger partial charge in [0.05, 0.1) is 5.69 Å². The maximum absolute atomic E-state index is 13.2. The number of benzene rings is 1. The summed E-state index contributed by atoms with van der Waals surface area (Å²) in [5, 5.41) is 0. The van der Waals surface area contributed by atoms with Crippen molar-refractivity contribution in [2.24, 2.45) is 0 Å². The van der Waals surface area contributed by atoms with Crippen molar-refractivity contribution >= 4 is 5.69 Å². The lowest BCUT2D eigenvalue weighted by Crippen LogP contribution is -2.27. The van der Waals surface area contributed by atoms with Crippen molar-refractivity contribution in [2.45, 2.75) is 13.0 Å². The first kappa shape index (κ1) is 10.2. The van der Waals surface area contributed by atoms with Crippen LogP contribution in [0.25, 0.3) is 0 Å². The summed E-state index contributed by atoms with van der Waals surface area (Å²) in [5.74, 6) is -0.319. The molecule has 2 nitrogen and oxygen atoms in total. The molecule has 0 aliphatic carbocycles. The highest BCUT2D eigenvalue weighted by molar-refractivity contribution is 5.47. The van der Waals surface area contributed by atoms with Crippen molar-refractivity contribution in [3.8, 4) is 0 Å². The molecule has 1 aliphatic rings. The molecule has 2 rings (SSSR count). The largest absolute Gasteiger partial charge is 0.396 e. The minimum Gasteiger partial charge on any atom is -0.396 e. The van der Waals surface area contributed by atoms with Gasteiger partial charge in [-0.25, -0.2) is 4.39 Å². The number of para-hydroxylation sites is 1. The molecule has 0 fully saturated rings. The third kappa shape index (κ3) is 2.36. The fourth-order valence-electron chi connectivity index (χ4n) is 1.79. The topological polar surface area (TPSA) is 29.3 Å². The van der Waals surface area contributed by atoms with Crippen LogP contribution in [-0.4, -0.2) is 18.0 Å². The Labute approximate surface area is 89.2 Å². The van der Waals surface area contributed by atoms with Crippen molar-refractivity contribution in [1.29, 1.82) is 0 Å². The number of nitrogen functional groups attached to an aromatic ring is 1. The predicted molar refractivity (Wildman–Crippen MR) is 59.8 cm³/mol. The summed E-state index contributed by atoms with van der Waals surface area (Å²) in [4.78, 5) is 2.26. The fourth-order valence-corrected chi connectivity index (χ4v) is 1.79. The second kappa shape index (κ2) is 4.45. The van der Waals surface area contributed by atoms with Gasteiger partial charge in [0.2, 0.25) is 0 Å². The first-order valence-electron chi connectivity index (χ1n) is 5.17. The van der Waals surface area contributed by atoms with Crippen LogP contribution in [-0.2, 0) is 6.54 Å². The molecule has 0 spiro atoms. The molecule has 0 radical (unpaired) electrons. The van der Waals surface area contributed by atoms with Gasteiger partial charge in [-0.05, 0) is 18.1 Å². The van der Waals surface area contributed by atoms with E-state index in [0.29, 0.717) is 0 Å². The van der Waals surface area contributed by atoms with Crippen LogP contribution in [0, 0.1) is 5.82 Å². The lowest BCUT2D eigenvalue weighted by molar-refractivity contribution is 0.291. The lowest BCUT2D eigenvalue weighted by Gasteiger charge is -2.23. The van der Waals surface area contributed by atoms with Crippen molar-refractivity contribution in [3.05, 3.63) is 41.7 Å². The Morgan fingerprint density at radius 3 is 2.93 bits per heavy atom. The molecule has 3 heteroatoms. The number of rotatable bonds is 2. The van der Waals surface area contributed by atoms with Gasteiger partial charge >= 0.3 is 0 Å². The molecule has 0 atom stereocenters. The molecule has 80 valence electrons. The Balaban J connectivity index is 2.10. The highest BCUT2D eigenvalue weighted by Crippen LogP contribution is 2.18. The minimum absolute atomic E-state index is 0.284. The Hall–Kier alpha value is -1.35. The summed E-state index contributed by atoms with van der Waals surface area (Å²) < 4.78 is 13.2. The molecule has 15 heavy (non-hydrogen) atoms. The van der Waals surface area contributed by atoms with E-state index < -0.39 is 0 Å². The average molecular weight is 206 g/mol. The maximum Gasteiger partial charge on any atom is 0.146 e. The second-order valence-electron chi connectivity index (χ2n) is 3.81. The molecule has 0 unspecified atom stereocenters. The zero-order chi connectivity index (χ0) is 10.7. The van der Waals surface area contributed by atoms with Crippen LogP contribution in [0.1, 0.15) is 12.0 Å². The van der Waals surface area contributed by atoms with E-state index in [4.69, 9.17) is 5.73 Å². The van der Waals surface area contributed by atoms with Crippen molar-refractivity contribution in [1.82, 2.24) is 4.90 Å². The Bertz CT molecular complexity index is 374. The first-order chi connectivity index (χ1) is 7.27. The van der Waals surface area contributed by atoms with Gasteiger partial charge in [0.15, 0.2) is 0 Å². The molecule has 0 aromatic heterocycles. The quantitative estimate of drug-likeness (QED) is 0.593. The Morgan fingerprint density at radius 2 is 2.20 bits per heavy atom. The number of nitrogens with zero attached hydrogens (tertiary/aromatic N) is 1. The highest BCUT2D eigenvalue weighted by atomic mass is 19.1. The SMILES string of the molecule is Nc1c(F)cccc1CN1CC=CCC1. The van der Waals surface area contributed by atoms with E-state index in [9.17, 15) is 4.39 Å². The number of hydrogen-bond donors (Lipinski definition) is 1. The van der Waals surface area contributed by atoms with Gasteiger partial charge in [-0.1, -0.05) is 24.3 Å². The van der Waals surface area contributed by atoms with Crippen molar-refractivity contribution in [2.75, 3.05) is 18.8 Å². The summed E-state index contributed by atoms with van der Waals surface area (Å²) in [6.45, 7) is 2.68. The summed E-state index contributed by atoms with van der Waals surface area (Å²) in [6.07, 6.45) is 5.37. The van der Waals surface area contributed by atoms with Crippen LogP contribution in [0.2, 0.25) is 0 Å². The van der Waals surface area contributed by atoms with Crippen LogP contribution in [0.5, 0.6) is 0 Å². The van der Waals surface area contributed by atoms with Gasteiger partial charge in [-0.2, -0.15) is 0 Å². The van der Waals surface area contributed by atoms with Gasteiger partial charge in [-0.15, -0.1) is 0 Å². The predicted octanol–water partition coefficient (Wildman–Crippen LogP) is 2.17. The van der Waals surface area contributed by atoms with E-state index in [2.05, 4.69) is 17.1 Å². The number of anilines is 1. The van der Waals surface area contributed by atoms with E-state index in [0.717, 1.165) is 31.6 Å². The lowest BCUT2D eigenvalue weighted by atomic mass is 10.1. The Morgan fingerprint density at radius 1 is 1.33 bits per heavy atom. The van der Waals surface area contributed by atoms with Gasteiger partial charge in [0.25, 0.3) is 0 Å². The summed E-state index contributed by atoms with van der Waals surface area (Å²) in [5.41, 5.74) is 6.84. The normalized spacial score (nSPS) is 16.9. The minimum atomic E-state index is -0.319. The zero-order valence-electron chi connectivity index (χ0n) is 8.62. The molecular weight excluding hydrogens is 191 g/mol. The number of halogens is 1. The van der Waals surface area contributed by atoms with Crippen LogP contribution >= 0.6 is 0 Å². The van der Waals surface area contributed by atoms with E-state index in [1.807, 2.05) is 6.07 Å². The summed E-state index contributed by atoms with van der Waals surface area (Å²) in [6, 6.07) is 4.99. The molecule has 1 heterocycles. The van der Waals surface area contributed by atoms with Crippen LogP contribution in [0.15, 0.2) is 30.4 Å². The third-order valence-electron chi connectivity index (χ3n) is 2.68. The molecule has 0 saturated carbocycles. The molecule has 1 aliphatic heterocycles. The van der Waals surface area contributed by atoms with Crippen molar-refractivity contribution in [3.63, 3.8) is 0 Å².